The fraction of sp³-hybridized carbons (Fsp3) is 0.320. The standard InChI is InChI=1S/C25H27FN4O3/c1-2-33-22-9-3-18(4-10-22)17-27-25(32)19-13-15-29(16-14-19)23-11-12-24(31)30(28-23)21-7-5-20(26)6-8-21/h3-12,19H,2,13-17H2,1H3,(H,27,32). The Labute approximate surface area is 191 Å². The molecule has 0 saturated carbocycles. The number of aromatic nitrogens is 2. The third-order valence-electron chi connectivity index (χ3n) is 5.75. The van der Waals surface area contributed by atoms with Gasteiger partial charge in [0.2, 0.25) is 5.91 Å². The normalized spacial score (nSPS) is 14.2. The van der Waals surface area contributed by atoms with Crippen molar-refractivity contribution in [2.45, 2.75) is 26.3 Å². The van der Waals surface area contributed by atoms with E-state index in [9.17, 15) is 14.0 Å². The number of rotatable bonds is 7. The summed E-state index contributed by atoms with van der Waals surface area (Å²) >= 11 is 0. The molecule has 0 aliphatic carbocycles. The summed E-state index contributed by atoms with van der Waals surface area (Å²) < 4.78 is 19.9. The van der Waals surface area contributed by atoms with Crippen LogP contribution in [0.1, 0.15) is 25.3 Å². The lowest BCUT2D eigenvalue weighted by Crippen LogP contribution is -2.41. The molecule has 0 bridgehead atoms. The number of benzene rings is 2. The van der Waals surface area contributed by atoms with Crippen LogP contribution < -0.4 is 20.5 Å². The van der Waals surface area contributed by atoms with Crippen molar-refractivity contribution in [3.05, 3.63) is 82.4 Å². The Balaban J connectivity index is 1.33. The molecule has 2 aromatic carbocycles. The molecule has 1 amide bonds. The maximum atomic E-state index is 13.2. The number of carbonyl (C=O) groups excluding carboxylic acids is 1. The van der Waals surface area contributed by atoms with Gasteiger partial charge >= 0.3 is 0 Å². The van der Waals surface area contributed by atoms with E-state index in [1.807, 2.05) is 31.2 Å². The molecule has 172 valence electrons. The molecule has 1 saturated heterocycles. The molecule has 7 nitrogen and oxygen atoms in total. The van der Waals surface area contributed by atoms with Crippen LogP contribution in [0.25, 0.3) is 5.69 Å². The minimum atomic E-state index is -0.370. The molecule has 0 radical (unpaired) electrons. The van der Waals surface area contributed by atoms with E-state index in [-0.39, 0.29) is 23.2 Å². The molecule has 3 aromatic rings. The quantitative estimate of drug-likeness (QED) is 0.598. The Bertz CT molecular complexity index is 1140. The summed E-state index contributed by atoms with van der Waals surface area (Å²) in [6, 6.07) is 16.5. The summed E-state index contributed by atoms with van der Waals surface area (Å²) in [5, 5.41) is 7.49. The lowest BCUT2D eigenvalue weighted by atomic mass is 9.96. The van der Waals surface area contributed by atoms with Crippen molar-refractivity contribution in [3.63, 3.8) is 0 Å². The lowest BCUT2D eigenvalue weighted by Gasteiger charge is -2.32. The first-order valence-electron chi connectivity index (χ1n) is 11.1. The van der Waals surface area contributed by atoms with Gasteiger partial charge in [-0.3, -0.25) is 9.59 Å². The van der Waals surface area contributed by atoms with Crippen molar-refractivity contribution in [2.24, 2.45) is 5.92 Å². The van der Waals surface area contributed by atoms with Gasteiger partial charge in [-0.2, -0.15) is 4.68 Å². The highest BCUT2D eigenvalue weighted by atomic mass is 19.1. The van der Waals surface area contributed by atoms with Gasteiger partial charge < -0.3 is 15.0 Å². The number of amides is 1. The van der Waals surface area contributed by atoms with Crippen LogP contribution in [0, 0.1) is 11.7 Å². The largest absolute Gasteiger partial charge is 0.494 e. The summed E-state index contributed by atoms with van der Waals surface area (Å²) in [5.74, 6) is 1.09. The van der Waals surface area contributed by atoms with Crippen LogP contribution in [0.3, 0.4) is 0 Å². The highest BCUT2D eigenvalue weighted by Gasteiger charge is 2.25. The van der Waals surface area contributed by atoms with Gasteiger partial charge in [0, 0.05) is 31.6 Å². The molecule has 33 heavy (non-hydrogen) atoms. The van der Waals surface area contributed by atoms with Crippen LogP contribution >= 0.6 is 0 Å². The van der Waals surface area contributed by atoms with E-state index in [4.69, 9.17) is 4.74 Å². The monoisotopic (exact) mass is 450 g/mol. The van der Waals surface area contributed by atoms with Crippen molar-refractivity contribution >= 4 is 11.7 Å². The van der Waals surface area contributed by atoms with Gasteiger partial charge in [0.1, 0.15) is 17.4 Å². The van der Waals surface area contributed by atoms with E-state index in [0.29, 0.717) is 50.6 Å². The van der Waals surface area contributed by atoms with Crippen molar-refractivity contribution in [2.75, 3.05) is 24.6 Å². The maximum Gasteiger partial charge on any atom is 0.271 e. The zero-order chi connectivity index (χ0) is 23.2. The molecule has 0 spiro atoms. The summed E-state index contributed by atoms with van der Waals surface area (Å²) in [4.78, 5) is 27.0. The van der Waals surface area contributed by atoms with Crippen molar-refractivity contribution in [1.29, 1.82) is 0 Å². The van der Waals surface area contributed by atoms with E-state index in [1.54, 1.807) is 6.07 Å². The Morgan fingerprint density at radius 2 is 1.76 bits per heavy atom. The molecule has 0 unspecified atom stereocenters. The number of carbonyl (C=O) groups is 1. The molecule has 2 heterocycles. The fourth-order valence-electron chi connectivity index (χ4n) is 3.91. The Hall–Kier alpha value is -3.68. The predicted octanol–water partition coefficient (Wildman–Crippen LogP) is 3.30. The maximum absolute atomic E-state index is 13.2. The van der Waals surface area contributed by atoms with Crippen LogP contribution in [0.2, 0.25) is 0 Å². The van der Waals surface area contributed by atoms with Crippen molar-refractivity contribution in [1.82, 2.24) is 15.1 Å². The third kappa shape index (κ3) is 5.58. The lowest BCUT2D eigenvalue weighted by molar-refractivity contribution is -0.125. The van der Waals surface area contributed by atoms with Gasteiger partial charge in [-0.25, -0.2) is 4.39 Å². The van der Waals surface area contributed by atoms with E-state index in [2.05, 4.69) is 15.3 Å². The third-order valence-corrected chi connectivity index (χ3v) is 5.75. The minimum absolute atomic E-state index is 0.0489. The average molecular weight is 451 g/mol. The minimum Gasteiger partial charge on any atom is -0.494 e. The molecule has 1 N–H and O–H groups in total. The average Bonchev–Trinajstić information content (AvgIpc) is 2.85. The molecule has 1 aromatic heterocycles. The molecule has 1 aliphatic rings. The number of piperidine rings is 1. The smallest absolute Gasteiger partial charge is 0.271 e. The first-order chi connectivity index (χ1) is 16.0. The summed E-state index contributed by atoms with van der Waals surface area (Å²) in [6.45, 7) is 4.37. The van der Waals surface area contributed by atoms with Gasteiger partial charge in [0.25, 0.3) is 5.56 Å². The molecule has 1 aliphatic heterocycles. The summed E-state index contributed by atoms with van der Waals surface area (Å²) in [7, 11) is 0. The fourth-order valence-corrected chi connectivity index (χ4v) is 3.91. The van der Waals surface area contributed by atoms with Crippen LogP contribution in [0.15, 0.2) is 65.5 Å². The molecule has 1 fully saturated rings. The molecule has 4 rings (SSSR count). The van der Waals surface area contributed by atoms with E-state index >= 15 is 0 Å². The topological polar surface area (TPSA) is 76.5 Å². The zero-order valence-corrected chi connectivity index (χ0v) is 18.5. The number of hydrogen-bond acceptors (Lipinski definition) is 5. The number of nitrogens with zero attached hydrogens (tertiary/aromatic N) is 3. The van der Waals surface area contributed by atoms with E-state index in [1.165, 1.54) is 35.0 Å². The highest BCUT2D eigenvalue weighted by molar-refractivity contribution is 5.79. The van der Waals surface area contributed by atoms with Crippen LogP contribution in [0.5, 0.6) is 5.75 Å². The summed E-state index contributed by atoms with van der Waals surface area (Å²) in [5.41, 5.74) is 1.25. The first kappa shape index (κ1) is 22.5. The second-order valence-corrected chi connectivity index (χ2v) is 7.97. The molecular formula is C25H27FN4O3. The highest BCUT2D eigenvalue weighted by Crippen LogP contribution is 2.22. The van der Waals surface area contributed by atoms with Crippen molar-refractivity contribution < 1.29 is 13.9 Å². The Morgan fingerprint density at radius 1 is 1.06 bits per heavy atom. The summed E-state index contributed by atoms with van der Waals surface area (Å²) in [6.07, 6.45) is 1.40. The number of anilines is 1. The predicted molar refractivity (Wildman–Crippen MR) is 124 cm³/mol. The first-order valence-corrected chi connectivity index (χ1v) is 11.1. The number of halogens is 1. The number of hydrogen-bond donors (Lipinski definition) is 1. The Kier molecular flexibility index (Phi) is 7.02. The van der Waals surface area contributed by atoms with Gasteiger partial charge in [-0.15, -0.1) is 5.10 Å². The molecule has 0 atom stereocenters. The molecule has 8 heteroatoms. The van der Waals surface area contributed by atoms with E-state index < -0.39 is 0 Å². The van der Waals surface area contributed by atoms with Gasteiger partial charge in [-0.05, 0) is 67.8 Å². The number of nitrogens with one attached hydrogen (secondary N) is 1. The van der Waals surface area contributed by atoms with Gasteiger partial charge in [-0.1, -0.05) is 12.1 Å². The molecular weight excluding hydrogens is 423 g/mol. The van der Waals surface area contributed by atoms with Gasteiger partial charge in [0.15, 0.2) is 0 Å². The van der Waals surface area contributed by atoms with Crippen LogP contribution in [-0.2, 0) is 11.3 Å². The second kappa shape index (κ2) is 10.3. The van der Waals surface area contributed by atoms with Crippen molar-refractivity contribution in [3.8, 4) is 11.4 Å². The SMILES string of the molecule is CCOc1ccc(CNC(=O)C2CCN(c3ccc(=O)n(-c4ccc(F)cc4)n3)CC2)cc1. The van der Waals surface area contributed by atoms with Crippen LogP contribution in [-0.4, -0.2) is 35.4 Å². The van der Waals surface area contributed by atoms with Crippen LogP contribution in [0.4, 0.5) is 10.2 Å². The number of ether oxygens (including phenoxy) is 1. The zero-order valence-electron chi connectivity index (χ0n) is 18.5. The van der Waals surface area contributed by atoms with E-state index in [0.717, 1.165) is 11.3 Å². The van der Waals surface area contributed by atoms with Gasteiger partial charge in [0.05, 0.1) is 12.3 Å². The second-order valence-electron chi connectivity index (χ2n) is 7.97. The Morgan fingerprint density at radius 3 is 2.42 bits per heavy atom.